The maximum atomic E-state index is 12.0. The minimum atomic E-state index is -4.45. The highest BCUT2D eigenvalue weighted by molar-refractivity contribution is 7.86. The first-order valence-electron chi connectivity index (χ1n) is 18.0. The van der Waals surface area contributed by atoms with E-state index in [9.17, 15) is 38.9 Å². The Morgan fingerprint density at radius 1 is 0.796 bits per heavy atom. The second kappa shape index (κ2) is 15.8. The summed E-state index contributed by atoms with van der Waals surface area (Å²) in [5, 5.41) is 0.639. The molecule has 15 heteroatoms. The van der Waals surface area contributed by atoms with Crippen LogP contribution in [0.15, 0.2) is 87.5 Å². The molecule has 0 saturated carbocycles. The molecule has 0 saturated heterocycles. The lowest BCUT2D eigenvalue weighted by Gasteiger charge is -2.27. The molecule has 54 heavy (non-hydrogen) atoms. The molecular formula is C39H50ClN2O9S3+. The molecule has 3 aliphatic rings. The number of fused-ring (bicyclic) bond motifs is 2. The van der Waals surface area contributed by atoms with Crippen molar-refractivity contribution < 1.29 is 43.5 Å². The number of anilines is 1. The van der Waals surface area contributed by atoms with Crippen molar-refractivity contribution in [2.45, 2.75) is 95.3 Å². The predicted molar refractivity (Wildman–Crippen MR) is 214 cm³/mol. The molecule has 0 amide bonds. The largest absolute Gasteiger partial charge is 0.344 e. The summed E-state index contributed by atoms with van der Waals surface area (Å²) < 4.78 is 100. The molecule has 294 valence electrons. The normalized spacial score (nSPS) is 20.1. The maximum absolute atomic E-state index is 12.0. The summed E-state index contributed by atoms with van der Waals surface area (Å²) >= 11 is 7.13. The number of hydrogen-bond acceptors (Lipinski definition) is 7. The summed E-state index contributed by atoms with van der Waals surface area (Å²) in [5.74, 6) is -0.656. The van der Waals surface area contributed by atoms with Crippen molar-refractivity contribution in [3.8, 4) is 0 Å². The Morgan fingerprint density at radius 3 is 2.11 bits per heavy atom. The van der Waals surface area contributed by atoms with Crippen LogP contribution in [0.25, 0.3) is 0 Å². The molecule has 0 unspecified atom stereocenters. The van der Waals surface area contributed by atoms with Gasteiger partial charge in [0.2, 0.25) is 5.69 Å². The summed E-state index contributed by atoms with van der Waals surface area (Å²) in [6.45, 7) is 11.3. The first kappa shape index (κ1) is 42.0. The van der Waals surface area contributed by atoms with Gasteiger partial charge in [0.25, 0.3) is 30.4 Å². The van der Waals surface area contributed by atoms with E-state index < -0.39 is 35.8 Å². The molecule has 5 rings (SSSR count). The third-order valence-corrected chi connectivity index (χ3v) is 13.6. The molecule has 11 nitrogen and oxygen atoms in total. The summed E-state index contributed by atoms with van der Waals surface area (Å²) in [6, 6.07) is 10.8. The minimum absolute atomic E-state index is 0.215. The Labute approximate surface area is 325 Å². The number of aryl methyl sites for hydroxylation is 1. The lowest BCUT2D eigenvalue weighted by Crippen LogP contribution is -2.28. The van der Waals surface area contributed by atoms with Gasteiger partial charge in [0.1, 0.15) is 6.54 Å². The number of unbranched alkanes of at least 4 members (excludes halogenated alkanes) is 2. The van der Waals surface area contributed by atoms with E-state index in [1.54, 1.807) is 6.07 Å². The average Bonchev–Trinajstić information content (AvgIpc) is 3.40. The third kappa shape index (κ3) is 9.46. The van der Waals surface area contributed by atoms with Gasteiger partial charge in [0.05, 0.1) is 21.8 Å². The van der Waals surface area contributed by atoms with Crippen molar-refractivity contribution >= 4 is 59.0 Å². The highest BCUT2D eigenvalue weighted by atomic mass is 35.5. The van der Waals surface area contributed by atoms with Crippen LogP contribution in [0.4, 0.5) is 11.4 Å². The lowest BCUT2D eigenvalue weighted by atomic mass is 9.80. The average molecular weight is 822 g/mol. The Hall–Kier alpha value is -3.11. The fraction of sp³-hybridized carbons (Fsp3) is 0.462. The molecule has 1 aliphatic carbocycles. The Kier molecular flexibility index (Phi) is 12.3. The van der Waals surface area contributed by atoms with E-state index in [2.05, 4.69) is 55.7 Å². The van der Waals surface area contributed by atoms with E-state index in [4.69, 9.17) is 11.6 Å². The second-order valence-electron chi connectivity index (χ2n) is 15.4. The van der Waals surface area contributed by atoms with Gasteiger partial charge >= 0.3 is 0 Å². The predicted octanol–water partition coefficient (Wildman–Crippen LogP) is 7.80. The van der Waals surface area contributed by atoms with Crippen molar-refractivity contribution in [2.24, 2.45) is 0 Å². The summed E-state index contributed by atoms with van der Waals surface area (Å²) in [7, 11) is -12.6. The molecule has 2 aromatic carbocycles. The Bertz CT molecular complexity index is 2320. The zero-order valence-corrected chi connectivity index (χ0v) is 34.5. The highest BCUT2D eigenvalue weighted by Crippen LogP contribution is 2.49. The lowest BCUT2D eigenvalue weighted by molar-refractivity contribution is -0.438. The molecule has 0 aromatic heterocycles. The monoisotopic (exact) mass is 821 g/mol. The summed E-state index contributed by atoms with van der Waals surface area (Å²) in [5.41, 5.74) is 7.62. The van der Waals surface area contributed by atoms with Crippen LogP contribution in [0.2, 0.25) is 0 Å². The Morgan fingerprint density at radius 2 is 1.46 bits per heavy atom. The summed E-state index contributed by atoms with van der Waals surface area (Å²) in [4.78, 5) is 1.81. The van der Waals surface area contributed by atoms with Gasteiger partial charge in [-0.1, -0.05) is 49.2 Å². The third-order valence-electron chi connectivity index (χ3n) is 10.6. The first-order chi connectivity index (χ1) is 25.0. The van der Waals surface area contributed by atoms with Gasteiger partial charge in [-0.15, -0.1) is 0 Å². The Balaban J connectivity index is 1.49. The van der Waals surface area contributed by atoms with Crippen molar-refractivity contribution in [1.29, 1.82) is 0 Å². The standard InChI is InChI=1S/C39H49ClN2O9S3/c1-27-13-17-33-31(25-27)38(2,3)35(41(33)21-6-8-23-52(43,44)45)19-14-28-11-10-12-29(37(28)40)15-20-36-39(4,5)32-26-30(54(49,50)51)16-18-34(32)42(36)22-7-9-24-53(46,47)48/h13-20,25-26H,6-12,21-24H2,1-5H3,(H2-,43,44,45,46,47,48,49,50,51)/p+1. The molecular weight excluding hydrogens is 772 g/mol. The van der Waals surface area contributed by atoms with E-state index >= 15 is 0 Å². The number of halogens is 1. The van der Waals surface area contributed by atoms with Crippen LogP contribution in [0.3, 0.4) is 0 Å². The van der Waals surface area contributed by atoms with Crippen LogP contribution < -0.4 is 4.90 Å². The van der Waals surface area contributed by atoms with Crippen molar-refractivity contribution in [1.82, 2.24) is 0 Å². The van der Waals surface area contributed by atoms with Crippen molar-refractivity contribution in [3.05, 3.63) is 99.3 Å². The van der Waals surface area contributed by atoms with Crippen LogP contribution in [0, 0.1) is 6.92 Å². The van der Waals surface area contributed by atoms with Crippen LogP contribution in [-0.4, -0.2) is 73.8 Å². The zero-order valence-electron chi connectivity index (χ0n) is 31.3. The van der Waals surface area contributed by atoms with Gasteiger partial charge < -0.3 is 4.90 Å². The molecule has 0 spiro atoms. The molecule has 0 fully saturated rings. The summed E-state index contributed by atoms with van der Waals surface area (Å²) in [6.07, 6.45) is 12.1. The van der Waals surface area contributed by atoms with Crippen LogP contribution in [-0.2, 0) is 41.2 Å². The van der Waals surface area contributed by atoms with E-state index in [0.717, 1.165) is 58.8 Å². The SMILES string of the molecule is Cc1ccc2c(c1)C(C)(C)C(/C=C/C1=C(Cl)C(=C/C=C3/N(CCCCS(=O)(=O)O)c4ccc(S(=O)(=O)O)cc4C3(C)C)/CCC1)=[N+]2CCCCS(=O)(=O)O. The van der Waals surface area contributed by atoms with Gasteiger partial charge in [-0.25, -0.2) is 0 Å². The van der Waals surface area contributed by atoms with Gasteiger partial charge in [0.15, 0.2) is 5.71 Å². The first-order valence-corrected chi connectivity index (χ1v) is 23.1. The number of rotatable bonds is 14. The highest BCUT2D eigenvalue weighted by Gasteiger charge is 2.44. The van der Waals surface area contributed by atoms with E-state index in [1.165, 1.54) is 17.7 Å². The fourth-order valence-electron chi connectivity index (χ4n) is 7.76. The zero-order chi connectivity index (χ0) is 39.9. The molecule has 3 N–H and O–H groups in total. The fourth-order valence-corrected chi connectivity index (χ4v) is 9.72. The number of hydrogen-bond donors (Lipinski definition) is 3. The van der Waals surface area contributed by atoms with E-state index in [0.29, 0.717) is 42.9 Å². The van der Waals surface area contributed by atoms with E-state index in [-0.39, 0.29) is 28.2 Å². The maximum Gasteiger partial charge on any atom is 0.294 e. The van der Waals surface area contributed by atoms with Crippen LogP contribution in [0.5, 0.6) is 0 Å². The smallest absolute Gasteiger partial charge is 0.294 e. The molecule has 2 aromatic rings. The van der Waals surface area contributed by atoms with Gasteiger partial charge in [-0.05, 0) is 106 Å². The minimum Gasteiger partial charge on any atom is -0.344 e. The van der Waals surface area contributed by atoms with Gasteiger partial charge in [-0.2, -0.15) is 29.8 Å². The van der Waals surface area contributed by atoms with Crippen LogP contribution in [0.1, 0.15) is 89.3 Å². The van der Waals surface area contributed by atoms with Gasteiger partial charge in [-0.3, -0.25) is 13.7 Å². The number of allylic oxidation sites excluding steroid dienone is 8. The van der Waals surface area contributed by atoms with Crippen LogP contribution >= 0.6 is 11.6 Å². The van der Waals surface area contributed by atoms with Crippen molar-refractivity contribution in [3.63, 3.8) is 0 Å². The number of nitrogens with zero attached hydrogens (tertiary/aromatic N) is 2. The molecule has 2 heterocycles. The van der Waals surface area contributed by atoms with Crippen molar-refractivity contribution in [2.75, 3.05) is 29.5 Å². The second-order valence-corrected chi connectivity index (χ2v) is 20.3. The number of benzene rings is 2. The molecule has 0 atom stereocenters. The molecule has 2 aliphatic heterocycles. The quantitative estimate of drug-likeness (QED) is 0.0972. The molecule has 0 radical (unpaired) electrons. The van der Waals surface area contributed by atoms with Gasteiger partial charge in [0, 0.05) is 52.5 Å². The molecule has 0 bridgehead atoms. The topological polar surface area (TPSA) is 169 Å². The van der Waals surface area contributed by atoms with E-state index in [1.807, 2.05) is 30.9 Å².